The maximum absolute atomic E-state index is 11.9. The van der Waals surface area contributed by atoms with Crippen LogP contribution in [0, 0.1) is 0 Å². The fourth-order valence-corrected chi connectivity index (χ4v) is 2.23. The highest BCUT2D eigenvalue weighted by atomic mass is 79.9. The average molecular weight is 353 g/mol. The largest absolute Gasteiger partial charge is 0.468 e. The Labute approximate surface area is 134 Å². The van der Waals surface area contributed by atoms with Gasteiger partial charge in [0.15, 0.2) is 0 Å². The lowest BCUT2D eigenvalue weighted by Crippen LogP contribution is -2.48. The zero-order chi connectivity index (χ0) is 16.0. The molecule has 0 aliphatic rings. The number of carbonyl (C=O) groups is 1. The zero-order valence-electron chi connectivity index (χ0n) is 12.8. The molecule has 0 spiro atoms. The molecular weight excluding hydrogens is 332 g/mol. The minimum atomic E-state index is -0.658. The number of nitrogens with zero attached hydrogens (tertiary/aromatic N) is 1. The molecule has 1 heterocycles. The summed E-state index contributed by atoms with van der Waals surface area (Å²) in [6.45, 7) is 9.65. The van der Waals surface area contributed by atoms with Crippen LogP contribution in [0.3, 0.4) is 0 Å². The minimum Gasteiger partial charge on any atom is -0.468 e. The van der Waals surface area contributed by atoms with Gasteiger partial charge in [0.05, 0.1) is 18.3 Å². The standard InChI is InChI=1S/C16H21BrN2O2/c1-6-16(4,13-8-7-9-14(17)18-13)19-12(10-11(2)3)15(20)21-5/h6-10,12,19H,1H2,2-5H3. The summed E-state index contributed by atoms with van der Waals surface area (Å²) in [5.74, 6) is -0.348. The van der Waals surface area contributed by atoms with Crippen LogP contribution in [0.15, 0.2) is 47.1 Å². The number of pyridine rings is 1. The highest BCUT2D eigenvalue weighted by Gasteiger charge is 2.30. The maximum Gasteiger partial charge on any atom is 0.326 e. The number of hydrogen-bond acceptors (Lipinski definition) is 4. The van der Waals surface area contributed by atoms with Crippen molar-refractivity contribution in [2.24, 2.45) is 0 Å². The van der Waals surface area contributed by atoms with E-state index in [4.69, 9.17) is 4.74 Å². The second kappa shape index (κ2) is 7.52. The molecule has 1 N–H and O–H groups in total. The summed E-state index contributed by atoms with van der Waals surface area (Å²) in [4.78, 5) is 16.4. The Kier molecular flexibility index (Phi) is 6.30. The van der Waals surface area contributed by atoms with Crippen molar-refractivity contribution in [2.75, 3.05) is 7.11 Å². The van der Waals surface area contributed by atoms with Crippen LogP contribution in [-0.2, 0) is 15.1 Å². The Bertz CT molecular complexity index is 553. The molecule has 0 aromatic carbocycles. The Morgan fingerprint density at radius 1 is 1.52 bits per heavy atom. The summed E-state index contributed by atoms with van der Waals surface area (Å²) in [7, 11) is 1.37. The smallest absolute Gasteiger partial charge is 0.326 e. The third-order valence-corrected chi connectivity index (χ3v) is 3.51. The van der Waals surface area contributed by atoms with E-state index in [0.717, 1.165) is 15.9 Å². The first kappa shape index (κ1) is 17.6. The van der Waals surface area contributed by atoms with Gasteiger partial charge in [-0.1, -0.05) is 23.8 Å². The molecule has 21 heavy (non-hydrogen) atoms. The summed E-state index contributed by atoms with van der Waals surface area (Å²) < 4.78 is 5.58. The Morgan fingerprint density at radius 3 is 2.67 bits per heavy atom. The predicted octanol–water partition coefficient (Wildman–Crippen LogP) is 3.34. The quantitative estimate of drug-likeness (QED) is 0.484. The summed E-state index contributed by atoms with van der Waals surface area (Å²) >= 11 is 3.36. The van der Waals surface area contributed by atoms with Crippen molar-refractivity contribution in [1.82, 2.24) is 10.3 Å². The topological polar surface area (TPSA) is 51.2 Å². The van der Waals surface area contributed by atoms with Crippen molar-refractivity contribution in [3.8, 4) is 0 Å². The molecule has 0 fully saturated rings. The number of methoxy groups -OCH3 is 1. The molecule has 5 heteroatoms. The van der Waals surface area contributed by atoms with Crippen molar-refractivity contribution >= 4 is 21.9 Å². The first-order valence-electron chi connectivity index (χ1n) is 6.59. The molecule has 0 aliphatic carbocycles. The SMILES string of the molecule is C=CC(C)(NC(C=C(C)C)C(=O)OC)c1cccc(Br)n1. The van der Waals surface area contributed by atoms with E-state index in [9.17, 15) is 4.79 Å². The average Bonchev–Trinajstić information content (AvgIpc) is 2.45. The first-order valence-corrected chi connectivity index (χ1v) is 7.39. The van der Waals surface area contributed by atoms with Crippen LogP contribution < -0.4 is 5.32 Å². The van der Waals surface area contributed by atoms with Crippen molar-refractivity contribution < 1.29 is 9.53 Å². The Morgan fingerprint density at radius 2 is 2.19 bits per heavy atom. The maximum atomic E-state index is 11.9. The van der Waals surface area contributed by atoms with Gasteiger partial charge in [0, 0.05) is 0 Å². The summed E-state index contributed by atoms with van der Waals surface area (Å²) in [5.41, 5.74) is 1.13. The van der Waals surface area contributed by atoms with E-state index < -0.39 is 11.6 Å². The van der Waals surface area contributed by atoms with Gasteiger partial charge in [-0.05, 0) is 48.8 Å². The highest BCUT2D eigenvalue weighted by molar-refractivity contribution is 9.10. The van der Waals surface area contributed by atoms with E-state index in [0.29, 0.717) is 0 Å². The summed E-state index contributed by atoms with van der Waals surface area (Å²) in [6.07, 6.45) is 3.56. The fourth-order valence-electron chi connectivity index (χ4n) is 1.89. The lowest BCUT2D eigenvalue weighted by atomic mass is 9.95. The second-order valence-electron chi connectivity index (χ2n) is 5.14. The van der Waals surface area contributed by atoms with E-state index in [1.165, 1.54) is 7.11 Å². The van der Waals surface area contributed by atoms with Gasteiger partial charge in [-0.2, -0.15) is 0 Å². The van der Waals surface area contributed by atoms with Crippen molar-refractivity contribution in [3.63, 3.8) is 0 Å². The molecule has 0 saturated heterocycles. The fraction of sp³-hybridized carbons (Fsp3) is 0.375. The lowest BCUT2D eigenvalue weighted by Gasteiger charge is -2.30. The predicted molar refractivity (Wildman–Crippen MR) is 87.9 cm³/mol. The van der Waals surface area contributed by atoms with E-state index in [1.54, 1.807) is 6.08 Å². The van der Waals surface area contributed by atoms with Gasteiger partial charge in [-0.15, -0.1) is 6.58 Å². The van der Waals surface area contributed by atoms with Crippen LogP contribution in [0.2, 0.25) is 0 Å². The molecule has 2 atom stereocenters. The summed E-state index contributed by atoms with van der Waals surface area (Å²) in [6, 6.07) is 5.06. The number of hydrogen-bond donors (Lipinski definition) is 1. The van der Waals surface area contributed by atoms with Gasteiger partial charge in [-0.3, -0.25) is 10.1 Å². The second-order valence-corrected chi connectivity index (χ2v) is 5.95. The van der Waals surface area contributed by atoms with Crippen LogP contribution in [0.4, 0.5) is 0 Å². The monoisotopic (exact) mass is 352 g/mol. The minimum absolute atomic E-state index is 0.348. The van der Waals surface area contributed by atoms with Gasteiger partial charge in [-0.25, -0.2) is 4.98 Å². The number of rotatable bonds is 6. The first-order chi connectivity index (χ1) is 9.82. The van der Waals surface area contributed by atoms with E-state index in [1.807, 2.05) is 45.0 Å². The van der Waals surface area contributed by atoms with Crippen LogP contribution in [0.25, 0.3) is 0 Å². The molecular formula is C16H21BrN2O2. The molecule has 114 valence electrons. The zero-order valence-corrected chi connectivity index (χ0v) is 14.4. The third-order valence-electron chi connectivity index (χ3n) is 3.07. The molecule has 1 aromatic rings. The van der Waals surface area contributed by atoms with Gasteiger partial charge in [0.25, 0.3) is 0 Å². The number of nitrogens with one attached hydrogen (secondary N) is 1. The van der Waals surface area contributed by atoms with E-state index in [-0.39, 0.29) is 5.97 Å². The molecule has 2 unspecified atom stereocenters. The van der Waals surface area contributed by atoms with E-state index in [2.05, 4.69) is 32.8 Å². The van der Waals surface area contributed by atoms with Crippen LogP contribution in [0.5, 0.6) is 0 Å². The van der Waals surface area contributed by atoms with Crippen LogP contribution in [-0.4, -0.2) is 24.1 Å². The normalized spacial score (nSPS) is 14.7. The number of aromatic nitrogens is 1. The van der Waals surface area contributed by atoms with Gasteiger partial charge >= 0.3 is 5.97 Å². The molecule has 1 rings (SSSR count). The van der Waals surface area contributed by atoms with Gasteiger partial charge in [0.1, 0.15) is 10.6 Å². The van der Waals surface area contributed by atoms with E-state index >= 15 is 0 Å². The number of allylic oxidation sites excluding steroid dienone is 1. The Balaban J connectivity index is 3.15. The van der Waals surface area contributed by atoms with Crippen molar-refractivity contribution in [2.45, 2.75) is 32.4 Å². The third kappa shape index (κ3) is 4.79. The lowest BCUT2D eigenvalue weighted by molar-refractivity contribution is -0.142. The molecule has 1 aromatic heterocycles. The van der Waals surface area contributed by atoms with Crippen LogP contribution >= 0.6 is 15.9 Å². The van der Waals surface area contributed by atoms with Gasteiger partial charge in [0.2, 0.25) is 0 Å². The number of ether oxygens (including phenoxy) is 1. The Hall–Kier alpha value is -1.46. The summed E-state index contributed by atoms with van der Waals surface area (Å²) in [5, 5.41) is 3.25. The number of esters is 1. The molecule has 0 bridgehead atoms. The van der Waals surface area contributed by atoms with Crippen molar-refractivity contribution in [3.05, 3.63) is 52.8 Å². The molecule has 4 nitrogen and oxygen atoms in total. The molecule has 0 aliphatic heterocycles. The van der Waals surface area contributed by atoms with Crippen molar-refractivity contribution in [1.29, 1.82) is 0 Å². The van der Waals surface area contributed by atoms with Gasteiger partial charge < -0.3 is 4.74 Å². The molecule has 0 radical (unpaired) electrons. The van der Waals surface area contributed by atoms with Crippen LogP contribution in [0.1, 0.15) is 26.5 Å². The molecule has 0 amide bonds. The molecule has 0 saturated carbocycles. The number of carbonyl (C=O) groups excluding carboxylic acids is 1. The number of halogens is 1. The highest BCUT2D eigenvalue weighted by Crippen LogP contribution is 2.23.